The minimum Gasteiger partial charge on any atom is -0.349 e. The molecule has 0 aromatic carbocycles. The van der Waals surface area contributed by atoms with E-state index in [0.29, 0.717) is 6.42 Å². The first-order chi connectivity index (χ1) is 6.43. The van der Waals surface area contributed by atoms with Gasteiger partial charge in [-0.2, -0.15) is 0 Å². The molecule has 0 saturated carbocycles. The van der Waals surface area contributed by atoms with Crippen molar-refractivity contribution < 1.29 is 14.3 Å². The van der Waals surface area contributed by atoms with Crippen LogP contribution in [-0.2, 0) is 14.3 Å². The lowest BCUT2D eigenvalue weighted by molar-refractivity contribution is -0.274. The summed E-state index contributed by atoms with van der Waals surface area (Å²) >= 11 is 0. The van der Waals surface area contributed by atoms with Gasteiger partial charge in [0.15, 0.2) is 6.29 Å². The molecule has 0 bridgehead atoms. The summed E-state index contributed by atoms with van der Waals surface area (Å²) in [6.45, 7) is 8.26. The highest BCUT2D eigenvalue weighted by molar-refractivity contribution is 5.50. The Labute approximate surface area is 85.8 Å². The van der Waals surface area contributed by atoms with E-state index < -0.39 is 0 Å². The maximum Gasteiger partial charge on any atom is 0.163 e. The minimum absolute atomic E-state index is 0.0282. The van der Waals surface area contributed by atoms with Crippen LogP contribution in [0, 0.1) is 5.41 Å². The molecule has 1 saturated heterocycles. The van der Waals surface area contributed by atoms with Gasteiger partial charge in [-0.25, -0.2) is 0 Å². The van der Waals surface area contributed by atoms with E-state index in [1.807, 2.05) is 6.92 Å². The van der Waals surface area contributed by atoms with Gasteiger partial charge in [0.05, 0.1) is 12.2 Å². The van der Waals surface area contributed by atoms with E-state index in [1.165, 1.54) is 0 Å². The summed E-state index contributed by atoms with van der Waals surface area (Å²) in [4.78, 5) is 10.4. The molecule has 0 amide bonds. The van der Waals surface area contributed by atoms with Gasteiger partial charge in [0.25, 0.3) is 0 Å². The Bertz CT molecular complexity index is 195. The zero-order chi connectivity index (χ0) is 10.8. The van der Waals surface area contributed by atoms with E-state index in [-0.39, 0.29) is 23.9 Å². The van der Waals surface area contributed by atoms with Crippen LogP contribution in [0.2, 0.25) is 0 Å². The monoisotopic (exact) mass is 200 g/mol. The van der Waals surface area contributed by atoms with Crippen molar-refractivity contribution in [2.75, 3.05) is 0 Å². The molecule has 0 spiro atoms. The van der Waals surface area contributed by atoms with Crippen LogP contribution in [0.4, 0.5) is 0 Å². The highest BCUT2D eigenvalue weighted by Crippen LogP contribution is 2.31. The van der Waals surface area contributed by atoms with Gasteiger partial charge < -0.3 is 14.3 Å². The molecule has 3 nitrogen and oxygen atoms in total. The van der Waals surface area contributed by atoms with Crippen LogP contribution in [-0.4, -0.2) is 24.8 Å². The molecule has 82 valence electrons. The molecule has 3 heteroatoms. The predicted octanol–water partition coefficient (Wildman–Crippen LogP) is 2.14. The summed E-state index contributed by atoms with van der Waals surface area (Å²) in [5.74, 6) is 0. The van der Waals surface area contributed by atoms with Gasteiger partial charge in [0.2, 0.25) is 0 Å². The molecular weight excluding hydrogens is 180 g/mol. The summed E-state index contributed by atoms with van der Waals surface area (Å²) < 4.78 is 11.4. The van der Waals surface area contributed by atoms with Gasteiger partial charge in [-0.05, 0) is 6.92 Å². The molecule has 0 radical (unpaired) electrons. The van der Waals surface area contributed by atoms with Crippen LogP contribution in [0.25, 0.3) is 0 Å². The van der Waals surface area contributed by atoms with Crippen molar-refractivity contribution in [2.45, 2.75) is 59.0 Å². The normalized spacial score (nSPS) is 34.1. The van der Waals surface area contributed by atoms with Crippen LogP contribution in [0.5, 0.6) is 0 Å². The first-order valence-corrected chi connectivity index (χ1v) is 5.18. The number of hydrogen-bond acceptors (Lipinski definition) is 3. The van der Waals surface area contributed by atoms with E-state index in [1.54, 1.807) is 0 Å². The molecule has 0 aromatic heterocycles. The molecule has 1 fully saturated rings. The Morgan fingerprint density at radius 1 is 1.36 bits per heavy atom. The zero-order valence-electron chi connectivity index (χ0n) is 9.45. The number of ether oxygens (including phenoxy) is 2. The third-order valence-corrected chi connectivity index (χ3v) is 2.33. The van der Waals surface area contributed by atoms with Crippen LogP contribution in [0.3, 0.4) is 0 Å². The fraction of sp³-hybridized carbons (Fsp3) is 0.909. The summed E-state index contributed by atoms with van der Waals surface area (Å²) in [7, 11) is 0. The Hall–Kier alpha value is -0.410. The van der Waals surface area contributed by atoms with E-state index in [2.05, 4.69) is 20.8 Å². The van der Waals surface area contributed by atoms with E-state index in [9.17, 15) is 4.79 Å². The average molecular weight is 200 g/mol. The maximum absolute atomic E-state index is 10.4. The lowest BCUT2D eigenvalue weighted by Crippen LogP contribution is -2.43. The lowest BCUT2D eigenvalue weighted by Gasteiger charge is -2.40. The van der Waals surface area contributed by atoms with Crippen LogP contribution in [0.1, 0.15) is 40.5 Å². The average Bonchev–Trinajstić information content (AvgIpc) is 2.02. The maximum atomic E-state index is 10.4. The zero-order valence-corrected chi connectivity index (χ0v) is 9.45. The van der Waals surface area contributed by atoms with Crippen LogP contribution >= 0.6 is 0 Å². The fourth-order valence-electron chi connectivity index (χ4n) is 1.57. The molecule has 1 aliphatic heterocycles. The second kappa shape index (κ2) is 4.41. The van der Waals surface area contributed by atoms with Crippen molar-refractivity contribution in [1.82, 2.24) is 0 Å². The summed E-state index contributed by atoms with van der Waals surface area (Å²) in [6, 6.07) is 0. The lowest BCUT2D eigenvalue weighted by atomic mass is 9.94. The largest absolute Gasteiger partial charge is 0.349 e. The topological polar surface area (TPSA) is 35.5 Å². The number of carbonyl (C=O) groups is 1. The quantitative estimate of drug-likeness (QED) is 0.641. The predicted molar refractivity (Wildman–Crippen MR) is 54.0 cm³/mol. The summed E-state index contributed by atoms with van der Waals surface area (Å²) in [5.41, 5.74) is -0.0319. The highest BCUT2D eigenvalue weighted by Gasteiger charge is 2.35. The number of hydrogen-bond donors (Lipinski definition) is 0. The third kappa shape index (κ3) is 3.07. The molecule has 3 atom stereocenters. The summed E-state index contributed by atoms with van der Waals surface area (Å²) in [6.07, 6.45) is 2.21. The van der Waals surface area contributed by atoms with Gasteiger partial charge in [-0.3, -0.25) is 0 Å². The Morgan fingerprint density at radius 3 is 2.50 bits per heavy atom. The van der Waals surface area contributed by atoms with Crippen LogP contribution in [0.15, 0.2) is 0 Å². The molecule has 0 unspecified atom stereocenters. The van der Waals surface area contributed by atoms with Gasteiger partial charge in [0, 0.05) is 18.3 Å². The second-order valence-electron chi connectivity index (χ2n) is 5.04. The Kier molecular flexibility index (Phi) is 3.67. The SMILES string of the molecule is C[C@@H]1C[C@H](CC=O)O[C@@H](C(C)(C)C)O1. The molecule has 1 heterocycles. The first-order valence-electron chi connectivity index (χ1n) is 5.18. The van der Waals surface area contributed by atoms with Gasteiger partial charge in [-0.1, -0.05) is 20.8 Å². The van der Waals surface area contributed by atoms with Crippen molar-refractivity contribution in [3.05, 3.63) is 0 Å². The third-order valence-electron chi connectivity index (χ3n) is 2.33. The van der Waals surface area contributed by atoms with Crippen molar-refractivity contribution in [3.63, 3.8) is 0 Å². The number of carbonyl (C=O) groups excluding carboxylic acids is 1. The highest BCUT2D eigenvalue weighted by atomic mass is 16.7. The smallest absolute Gasteiger partial charge is 0.163 e. The van der Waals surface area contributed by atoms with Gasteiger partial charge >= 0.3 is 0 Å². The number of rotatable bonds is 2. The standard InChI is InChI=1S/C11H20O3/c1-8-7-9(5-6-12)14-10(13-8)11(2,3)4/h6,8-10H,5,7H2,1-4H3/t8-,9+,10+/m1/s1. The van der Waals surface area contributed by atoms with Gasteiger partial charge in [-0.15, -0.1) is 0 Å². The fourth-order valence-corrected chi connectivity index (χ4v) is 1.57. The first kappa shape index (κ1) is 11.7. The van der Waals surface area contributed by atoms with E-state index in [0.717, 1.165) is 12.7 Å². The molecule has 0 aliphatic carbocycles. The van der Waals surface area contributed by atoms with E-state index in [4.69, 9.17) is 9.47 Å². The van der Waals surface area contributed by atoms with Crippen molar-refractivity contribution >= 4 is 6.29 Å². The van der Waals surface area contributed by atoms with Crippen molar-refractivity contribution in [1.29, 1.82) is 0 Å². The second-order valence-corrected chi connectivity index (χ2v) is 5.04. The minimum atomic E-state index is -0.198. The Morgan fingerprint density at radius 2 is 2.00 bits per heavy atom. The number of aldehydes is 1. The molecule has 0 N–H and O–H groups in total. The molecule has 0 aromatic rings. The van der Waals surface area contributed by atoms with E-state index >= 15 is 0 Å². The van der Waals surface area contributed by atoms with Gasteiger partial charge in [0.1, 0.15) is 6.29 Å². The van der Waals surface area contributed by atoms with Crippen LogP contribution < -0.4 is 0 Å². The molecule has 1 aliphatic rings. The van der Waals surface area contributed by atoms with Crippen molar-refractivity contribution in [2.24, 2.45) is 5.41 Å². The Balaban J connectivity index is 2.58. The molecule has 1 rings (SSSR count). The van der Waals surface area contributed by atoms with Crippen molar-refractivity contribution in [3.8, 4) is 0 Å². The molecule has 14 heavy (non-hydrogen) atoms. The molecular formula is C11H20O3. The summed E-state index contributed by atoms with van der Waals surface area (Å²) in [5, 5.41) is 0.